The fourth-order valence-electron chi connectivity index (χ4n) is 4.65. The SMILES string of the molecule is CC(=O)N1C[C@H]2CN(Cc3ccc(C#N)cc3)C[C@H]2[C@H]1c1cccc(F)c1. The molecule has 0 unspecified atom stereocenters. The highest BCUT2D eigenvalue weighted by Gasteiger charge is 2.48. The first kappa shape index (κ1) is 17.7. The Balaban J connectivity index is 1.53. The monoisotopic (exact) mass is 363 g/mol. The van der Waals surface area contributed by atoms with Gasteiger partial charge in [-0.15, -0.1) is 0 Å². The zero-order chi connectivity index (χ0) is 19.0. The molecule has 4 rings (SSSR count). The number of nitrogens with zero attached hydrogens (tertiary/aromatic N) is 3. The molecule has 0 aromatic heterocycles. The maximum Gasteiger partial charge on any atom is 0.219 e. The van der Waals surface area contributed by atoms with Gasteiger partial charge in [-0.2, -0.15) is 5.26 Å². The minimum absolute atomic E-state index is 0.0531. The van der Waals surface area contributed by atoms with Crippen molar-refractivity contribution in [3.8, 4) is 6.07 Å². The fourth-order valence-corrected chi connectivity index (χ4v) is 4.65. The number of likely N-dealkylation sites (tertiary alicyclic amines) is 2. The predicted octanol–water partition coefficient (Wildman–Crippen LogP) is 3.35. The fraction of sp³-hybridized carbons (Fsp3) is 0.364. The molecule has 0 spiro atoms. The van der Waals surface area contributed by atoms with E-state index in [1.165, 1.54) is 11.6 Å². The molecule has 2 aliphatic heterocycles. The number of fused-ring (bicyclic) bond motifs is 1. The Morgan fingerprint density at radius 3 is 2.63 bits per heavy atom. The van der Waals surface area contributed by atoms with Crippen LogP contribution in [0.1, 0.15) is 29.7 Å². The molecule has 1 amide bonds. The lowest BCUT2D eigenvalue weighted by Gasteiger charge is -2.29. The third-order valence-corrected chi connectivity index (χ3v) is 5.82. The van der Waals surface area contributed by atoms with Gasteiger partial charge in [-0.1, -0.05) is 24.3 Å². The van der Waals surface area contributed by atoms with Crippen molar-refractivity contribution in [3.05, 3.63) is 71.0 Å². The highest BCUT2D eigenvalue weighted by atomic mass is 19.1. The Hall–Kier alpha value is -2.71. The van der Waals surface area contributed by atoms with E-state index in [4.69, 9.17) is 5.26 Å². The van der Waals surface area contributed by atoms with Crippen LogP contribution < -0.4 is 0 Å². The summed E-state index contributed by atoms with van der Waals surface area (Å²) >= 11 is 0. The van der Waals surface area contributed by atoms with Crippen LogP contribution in [0.25, 0.3) is 0 Å². The van der Waals surface area contributed by atoms with Gasteiger partial charge >= 0.3 is 0 Å². The number of benzene rings is 2. The summed E-state index contributed by atoms with van der Waals surface area (Å²) in [7, 11) is 0. The van der Waals surface area contributed by atoms with Gasteiger partial charge in [0, 0.05) is 39.0 Å². The lowest BCUT2D eigenvalue weighted by Crippen LogP contribution is -2.34. The van der Waals surface area contributed by atoms with Crippen LogP contribution in [0.5, 0.6) is 0 Å². The second-order valence-electron chi connectivity index (χ2n) is 7.60. The Morgan fingerprint density at radius 1 is 1.19 bits per heavy atom. The number of carbonyl (C=O) groups excluding carboxylic acids is 1. The van der Waals surface area contributed by atoms with E-state index in [1.54, 1.807) is 19.1 Å². The molecule has 0 bridgehead atoms. The van der Waals surface area contributed by atoms with Crippen LogP contribution in [-0.4, -0.2) is 35.3 Å². The van der Waals surface area contributed by atoms with E-state index in [9.17, 15) is 9.18 Å². The van der Waals surface area contributed by atoms with Gasteiger partial charge in [-0.25, -0.2) is 4.39 Å². The summed E-state index contributed by atoms with van der Waals surface area (Å²) in [5.41, 5.74) is 2.73. The Labute approximate surface area is 158 Å². The van der Waals surface area contributed by atoms with E-state index < -0.39 is 0 Å². The van der Waals surface area contributed by atoms with Crippen molar-refractivity contribution in [1.29, 1.82) is 5.26 Å². The van der Waals surface area contributed by atoms with Gasteiger partial charge in [-0.05, 0) is 41.3 Å². The zero-order valence-corrected chi connectivity index (χ0v) is 15.3. The maximum absolute atomic E-state index is 13.8. The first-order valence-corrected chi connectivity index (χ1v) is 9.29. The molecule has 27 heavy (non-hydrogen) atoms. The molecule has 2 aromatic rings. The molecule has 4 nitrogen and oxygen atoms in total. The quantitative estimate of drug-likeness (QED) is 0.840. The number of rotatable bonds is 3. The van der Waals surface area contributed by atoms with Crippen LogP contribution >= 0.6 is 0 Å². The molecule has 0 saturated carbocycles. The van der Waals surface area contributed by atoms with E-state index in [2.05, 4.69) is 11.0 Å². The van der Waals surface area contributed by atoms with Crippen molar-refractivity contribution >= 4 is 5.91 Å². The molecule has 0 aliphatic carbocycles. The summed E-state index contributed by atoms with van der Waals surface area (Å²) < 4.78 is 13.8. The van der Waals surface area contributed by atoms with Crippen LogP contribution in [0.3, 0.4) is 0 Å². The molecular formula is C22H22FN3O. The molecule has 2 heterocycles. The molecule has 2 fully saturated rings. The molecule has 2 aliphatic rings. The third kappa shape index (κ3) is 3.45. The van der Waals surface area contributed by atoms with Crippen molar-refractivity contribution in [3.63, 3.8) is 0 Å². The van der Waals surface area contributed by atoms with Gasteiger partial charge in [0.2, 0.25) is 5.91 Å². The Bertz CT molecular complexity index is 889. The minimum atomic E-state index is -0.258. The summed E-state index contributed by atoms with van der Waals surface area (Å²) in [4.78, 5) is 16.5. The second kappa shape index (κ2) is 7.13. The van der Waals surface area contributed by atoms with Gasteiger partial charge in [0.25, 0.3) is 0 Å². The second-order valence-corrected chi connectivity index (χ2v) is 7.60. The van der Waals surface area contributed by atoms with Gasteiger partial charge < -0.3 is 4.90 Å². The minimum Gasteiger partial charge on any atom is -0.335 e. The topological polar surface area (TPSA) is 47.3 Å². The average molecular weight is 363 g/mol. The van der Waals surface area contributed by atoms with Gasteiger partial charge in [-0.3, -0.25) is 9.69 Å². The number of hydrogen-bond donors (Lipinski definition) is 0. The van der Waals surface area contributed by atoms with E-state index in [0.717, 1.165) is 31.7 Å². The molecular weight excluding hydrogens is 341 g/mol. The highest BCUT2D eigenvalue weighted by molar-refractivity contribution is 5.74. The van der Waals surface area contributed by atoms with Crippen LogP contribution in [0, 0.1) is 29.0 Å². The van der Waals surface area contributed by atoms with Crippen LogP contribution in [-0.2, 0) is 11.3 Å². The summed E-state index contributed by atoms with van der Waals surface area (Å²) in [6.07, 6.45) is 0. The normalized spacial score (nSPS) is 24.6. The number of carbonyl (C=O) groups is 1. The maximum atomic E-state index is 13.8. The lowest BCUT2D eigenvalue weighted by atomic mass is 9.89. The van der Waals surface area contributed by atoms with Crippen molar-refractivity contribution < 1.29 is 9.18 Å². The van der Waals surface area contributed by atoms with E-state index in [-0.39, 0.29) is 17.8 Å². The van der Waals surface area contributed by atoms with Crippen molar-refractivity contribution in [2.24, 2.45) is 11.8 Å². The van der Waals surface area contributed by atoms with Gasteiger partial charge in [0.15, 0.2) is 0 Å². The molecule has 0 radical (unpaired) electrons. The van der Waals surface area contributed by atoms with Crippen molar-refractivity contribution in [2.45, 2.75) is 19.5 Å². The van der Waals surface area contributed by atoms with Crippen LogP contribution in [0.2, 0.25) is 0 Å². The number of hydrogen-bond acceptors (Lipinski definition) is 3. The smallest absolute Gasteiger partial charge is 0.219 e. The first-order valence-electron chi connectivity index (χ1n) is 9.29. The predicted molar refractivity (Wildman–Crippen MR) is 99.9 cm³/mol. The molecule has 2 saturated heterocycles. The standard InChI is InChI=1S/C22H22FN3O/c1-15(27)26-13-19-12-25(11-17-7-5-16(10-24)6-8-17)14-21(19)22(26)18-3-2-4-20(23)9-18/h2-9,19,21-22H,11-14H2,1H3/t19-,21-,22-/m1/s1. The third-order valence-electron chi connectivity index (χ3n) is 5.82. The average Bonchev–Trinajstić information content (AvgIpc) is 3.19. The van der Waals surface area contributed by atoms with E-state index in [1.807, 2.05) is 35.2 Å². The van der Waals surface area contributed by atoms with Crippen LogP contribution in [0.4, 0.5) is 4.39 Å². The van der Waals surface area contributed by atoms with E-state index >= 15 is 0 Å². The number of amides is 1. The largest absolute Gasteiger partial charge is 0.335 e. The summed E-state index contributed by atoms with van der Waals surface area (Å²) in [5.74, 6) is 0.513. The Morgan fingerprint density at radius 2 is 1.96 bits per heavy atom. The van der Waals surface area contributed by atoms with E-state index in [0.29, 0.717) is 17.4 Å². The van der Waals surface area contributed by atoms with Gasteiger partial charge in [0.1, 0.15) is 5.82 Å². The van der Waals surface area contributed by atoms with Crippen molar-refractivity contribution in [1.82, 2.24) is 9.80 Å². The molecule has 3 atom stereocenters. The summed E-state index contributed by atoms with van der Waals surface area (Å²) in [6, 6.07) is 16.4. The molecule has 2 aromatic carbocycles. The summed E-state index contributed by atoms with van der Waals surface area (Å²) in [5, 5.41) is 8.93. The van der Waals surface area contributed by atoms with Gasteiger partial charge in [0.05, 0.1) is 17.7 Å². The summed E-state index contributed by atoms with van der Waals surface area (Å²) in [6.45, 7) is 4.97. The Kier molecular flexibility index (Phi) is 4.67. The number of halogens is 1. The zero-order valence-electron chi connectivity index (χ0n) is 15.3. The molecule has 5 heteroatoms. The lowest BCUT2D eigenvalue weighted by molar-refractivity contribution is -0.130. The van der Waals surface area contributed by atoms with Crippen LogP contribution in [0.15, 0.2) is 48.5 Å². The number of nitriles is 1. The molecule has 138 valence electrons. The first-order chi connectivity index (χ1) is 13.0. The molecule has 0 N–H and O–H groups in total. The van der Waals surface area contributed by atoms with Crippen molar-refractivity contribution in [2.75, 3.05) is 19.6 Å². The highest BCUT2D eigenvalue weighted by Crippen LogP contribution is 2.45.